The van der Waals surface area contributed by atoms with Gasteiger partial charge in [0.15, 0.2) is 0 Å². The van der Waals surface area contributed by atoms with E-state index in [-0.39, 0.29) is 18.5 Å². The van der Waals surface area contributed by atoms with Gasteiger partial charge in [-0.15, -0.1) is 10.2 Å². The highest BCUT2D eigenvalue weighted by molar-refractivity contribution is 7.89. The van der Waals surface area contributed by atoms with E-state index in [9.17, 15) is 8.42 Å². The summed E-state index contributed by atoms with van der Waals surface area (Å²) in [5.41, 5.74) is 2.40. The first-order chi connectivity index (χ1) is 12.8. The molecule has 0 spiro atoms. The summed E-state index contributed by atoms with van der Waals surface area (Å²) in [6, 6.07) is 14.5. The number of aryl methyl sites for hydroxylation is 2. The lowest BCUT2D eigenvalue weighted by molar-refractivity contribution is 0.313. The van der Waals surface area contributed by atoms with E-state index in [0.29, 0.717) is 16.3 Å². The number of rotatable bonds is 6. The molecule has 0 atom stereocenters. The van der Waals surface area contributed by atoms with Gasteiger partial charge in [0.05, 0.1) is 11.4 Å². The summed E-state index contributed by atoms with van der Waals surface area (Å²) in [5.74, 6) is 0.634. The average Bonchev–Trinajstić information content (AvgIpc) is 3.11. The van der Waals surface area contributed by atoms with Gasteiger partial charge in [0, 0.05) is 11.6 Å². The van der Waals surface area contributed by atoms with E-state index in [1.54, 1.807) is 13.0 Å². The molecule has 142 valence electrons. The second-order valence-electron chi connectivity index (χ2n) is 6.78. The van der Waals surface area contributed by atoms with Crippen LogP contribution in [0.25, 0.3) is 11.5 Å². The summed E-state index contributed by atoms with van der Waals surface area (Å²) in [4.78, 5) is 0.305. The van der Waals surface area contributed by atoms with Crippen molar-refractivity contribution in [2.45, 2.75) is 45.2 Å². The van der Waals surface area contributed by atoms with E-state index >= 15 is 0 Å². The Morgan fingerprint density at radius 3 is 2.41 bits per heavy atom. The number of sulfonamides is 1. The summed E-state index contributed by atoms with van der Waals surface area (Å²) in [7, 11) is -3.70. The predicted molar refractivity (Wildman–Crippen MR) is 104 cm³/mol. The standard InChI is InChI=1S/C20H23N3O3S/c1-14(2)23(27(24,25)18-12-15(3)10-11-16(18)4)13-19-21-22-20(26-19)17-8-6-5-7-9-17/h5-12,14H,13H2,1-4H3. The molecule has 0 bridgehead atoms. The molecule has 1 aromatic heterocycles. The molecule has 27 heavy (non-hydrogen) atoms. The Morgan fingerprint density at radius 1 is 1.04 bits per heavy atom. The van der Waals surface area contributed by atoms with Crippen LogP contribution in [0.5, 0.6) is 0 Å². The van der Waals surface area contributed by atoms with Crippen LogP contribution in [0.4, 0.5) is 0 Å². The first-order valence-corrected chi connectivity index (χ1v) is 10.2. The smallest absolute Gasteiger partial charge is 0.247 e. The van der Waals surface area contributed by atoms with Gasteiger partial charge in [-0.05, 0) is 57.0 Å². The van der Waals surface area contributed by atoms with Gasteiger partial charge >= 0.3 is 0 Å². The van der Waals surface area contributed by atoms with Crippen LogP contribution in [0.3, 0.4) is 0 Å². The molecule has 0 amide bonds. The Morgan fingerprint density at radius 2 is 1.74 bits per heavy atom. The average molecular weight is 385 g/mol. The summed E-state index contributed by atoms with van der Waals surface area (Å²) in [6.07, 6.45) is 0. The summed E-state index contributed by atoms with van der Waals surface area (Å²) < 4.78 is 33.6. The van der Waals surface area contributed by atoms with Gasteiger partial charge in [-0.25, -0.2) is 8.42 Å². The minimum atomic E-state index is -3.70. The molecule has 0 aliphatic heterocycles. The highest BCUT2D eigenvalue weighted by Crippen LogP contribution is 2.25. The largest absolute Gasteiger partial charge is 0.419 e. The molecule has 6 nitrogen and oxygen atoms in total. The van der Waals surface area contributed by atoms with Crippen molar-refractivity contribution in [2.24, 2.45) is 0 Å². The van der Waals surface area contributed by atoms with Crippen LogP contribution in [0.1, 0.15) is 30.9 Å². The van der Waals surface area contributed by atoms with Gasteiger partial charge in [0.25, 0.3) is 0 Å². The molecule has 0 N–H and O–H groups in total. The number of hydrogen-bond donors (Lipinski definition) is 0. The van der Waals surface area contributed by atoms with E-state index in [4.69, 9.17) is 4.42 Å². The zero-order valence-electron chi connectivity index (χ0n) is 15.9. The van der Waals surface area contributed by atoms with Crippen molar-refractivity contribution in [1.29, 1.82) is 0 Å². The van der Waals surface area contributed by atoms with Crippen LogP contribution >= 0.6 is 0 Å². The molecule has 3 aromatic rings. The Balaban J connectivity index is 1.93. The van der Waals surface area contributed by atoms with Crippen LogP contribution in [0, 0.1) is 13.8 Å². The van der Waals surface area contributed by atoms with E-state index in [2.05, 4.69) is 10.2 Å². The van der Waals surface area contributed by atoms with Gasteiger partial charge in [-0.3, -0.25) is 0 Å². The first kappa shape index (κ1) is 19.3. The number of hydrogen-bond acceptors (Lipinski definition) is 5. The molecular weight excluding hydrogens is 362 g/mol. The molecule has 7 heteroatoms. The second-order valence-corrected chi connectivity index (χ2v) is 8.64. The van der Waals surface area contributed by atoms with E-state index in [0.717, 1.165) is 11.1 Å². The maximum Gasteiger partial charge on any atom is 0.247 e. The van der Waals surface area contributed by atoms with Gasteiger partial charge < -0.3 is 4.42 Å². The summed E-state index contributed by atoms with van der Waals surface area (Å²) in [5, 5.41) is 8.09. The molecule has 1 heterocycles. The number of aromatic nitrogens is 2. The highest BCUT2D eigenvalue weighted by atomic mass is 32.2. The molecule has 0 aliphatic carbocycles. The predicted octanol–water partition coefficient (Wildman–Crippen LogP) is 3.95. The Kier molecular flexibility index (Phi) is 5.43. The van der Waals surface area contributed by atoms with E-state index in [1.807, 2.05) is 63.2 Å². The normalized spacial score (nSPS) is 12.1. The minimum Gasteiger partial charge on any atom is -0.419 e. The van der Waals surface area contributed by atoms with Crippen molar-refractivity contribution in [3.05, 3.63) is 65.5 Å². The molecule has 0 saturated carbocycles. The molecule has 0 fully saturated rings. The molecule has 3 rings (SSSR count). The topological polar surface area (TPSA) is 76.3 Å². The molecule has 2 aromatic carbocycles. The van der Waals surface area contributed by atoms with Crippen LogP contribution in [0.2, 0.25) is 0 Å². The highest BCUT2D eigenvalue weighted by Gasteiger charge is 2.30. The SMILES string of the molecule is Cc1ccc(C)c(S(=O)(=O)N(Cc2nnc(-c3ccccc3)o2)C(C)C)c1. The van der Waals surface area contributed by atoms with Crippen LogP contribution < -0.4 is 0 Å². The van der Waals surface area contributed by atoms with Gasteiger partial charge in [0.1, 0.15) is 0 Å². The van der Waals surface area contributed by atoms with Crippen LogP contribution in [0.15, 0.2) is 57.8 Å². The number of benzene rings is 2. The van der Waals surface area contributed by atoms with Crippen molar-refractivity contribution >= 4 is 10.0 Å². The van der Waals surface area contributed by atoms with Crippen molar-refractivity contribution in [2.75, 3.05) is 0 Å². The third-order valence-corrected chi connectivity index (χ3v) is 6.45. The Labute approximate surface area is 159 Å². The third kappa shape index (κ3) is 4.09. The lowest BCUT2D eigenvalue weighted by atomic mass is 10.2. The molecule has 0 saturated heterocycles. The molecule has 0 unspecified atom stereocenters. The number of nitrogens with zero attached hydrogens (tertiary/aromatic N) is 3. The maximum absolute atomic E-state index is 13.3. The molecule has 0 radical (unpaired) electrons. The third-order valence-electron chi connectivity index (χ3n) is 4.28. The van der Waals surface area contributed by atoms with Crippen LogP contribution in [-0.2, 0) is 16.6 Å². The summed E-state index contributed by atoms with van der Waals surface area (Å²) >= 11 is 0. The lowest BCUT2D eigenvalue weighted by Gasteiger charge is -2.25. The fourth-order valence-corrected chi connectivity index (χ4v) is 4.70. The fraction of sp³-hybridized carbons (Fsp3) is 0.300. The van der Waals surface area contributed by atoms with Crippen molar-refractivity contribution < 1.29 is 12.8 Å². The maximum atomic E-state index is 13.3. The minimum absolute atomic E-state index is 0.0210. The molecular formula is C20H23N3O3S. The van der Waals surface area contributed by atoms with Crippen LogP contribution in [-0.4, -0.2) is 29.0 Å². The monoisotopic (exact) mass is 385 g/mol. The lowest BCUT2D eigenvalue weighted by Crippen LogP contribution is -2.36. The van der Waals surface area contributed by atoms with Gasteiger partial charge in [-0.1, -0.05) is 30.3 Å². The fourth-order valence-electron chi connectivity index (χ4n) is 2.80. The first-order valence-electron chi connectivity index (χ1n) is 8.76. The van der Waals surface area contributed by atoms with E-state index in [1.165, 1.54) is 4.31 Å². The molecule has 0 aliphatic rings. The zero-order chi connectivity index (χ0) is 19.6. The van der Waals surface area contributed by atoms with Crippen molar-refractivity contribution in [3.8, 4) is 11.5 Å². The van der Waals surface area contributed by atoms with E-state index < -0.39 is 10.0 Å². The second kappa shape index (κ2) is 7.62. The quantitative estimate of drug-likeness (QED) is 0.642. The summed E-state index contributed by atoms with van der Waals surface area (Å²) in [6.45, 7) is 7.36. The zero-order valence-corrected chi connectivity index (χ0v) is 16.7. The Hall–Kier alpha value is -2.51. The van der Waals surface area contributed by atoms with Crippen molar-refractivity contribution in [3.63, 3.8) is 0 Å². The van der Waals surface area contributed by atoms with Gasteiger partial charge in [-0.2, -0.15) is 4.31 Å². The van der Waals surface area contributed by atoms with Crippen molar-refractivity contribution in [1.82, 2.24) is 14.5 Å². The van der Waals surface area contributed by atoms with Gasteiger partial charge in [0.2, 0.25) is 21.8 Å². The Bertz CT molecular complexity index is 1030.